The molecule has 1 saturated heterocycles. The molecular formula is C11H15N3O5S. The van der Waals surface area contributed by atoms with E-state index in [1.54, 1.807) is 0 Å². The van der Waals surface area contributed by atoms with Crippen LogP contribution in [-0.4, -0.2) is 46.9 Å². The second-order valence-corrected chi connectivity index (χ2v) is 6.45. The molecule has 8 nitrogen and oxygen atoms in total. The van der Waals surface area contributed by atoms with Crippen molar-refractivity contribution in [1.29, 1.82) is 0 Å². The predicted molar refractivity (Wildman–Crippen MR) is 69.5 cm³/mol. The third-order valence-electron chi connectivity index (χ3n) is 3.30. The van der Waals surface area contributed by atoms with Gasteiger partial charge in [0.1, 0.15) is 4.90 Å². The molecule has 0 saturated carbocycles. The Morgan fingerprint density at radius 2 is 2.20 bits per heavy atom. The minimum absolute atomic E-state index is 0.0940. The second kappa shape index (κ2) is 5.81. The maximum atomic E-state index is 12.4. The number of rotatable bonds is 4. The summed E-state index contributed by atoms with van der Waals surface area (Å²) in [4.78, 5) is 13.3. The van der Waals surface area contributed by atoms with Crippen molar-refractivity contribution in [2.45, 2.75) is 30.2 Å². The number of hydrogen-bond acceptors (Lipinski definition) is 6. The van der Waals surface area contributed by atoms with E-state index in [4.69, 9.17) is 0 Å². The van der Waals surface area contributed by atoms with Gasteiger partial charge in [-0.15, -0.1) is 0 Å². The van der Waals surface area contributed by atoms with Gasteiger partial charge in [-0.2, -0.15) is 4.31 Å². The number of aliphatic hydroxyl groups is 1. The maximum Gasteiger partial charge on any atom is 0.363 e. The molecule has 1 atom stereocenters. The molecule has 1 aliphatic heterocycles. The molecule has 2 rings (SSSR count). The zero-order valence-electron chi connectivity index (χ0n) is 10.7. The Morgan fingerprint density at radius 3 is 2.75 bits per heavy atom. The molecule has 0 aliphatic carbocycles. The van der Waals surface area contributed by atoms with Crippen LogP contribution in [0.15, 0.2) is 23.2 Å². The highest BCUT2D eigenvalue weighted by Crippen LogP contribution is 2.25. The van der Waals surface area contributed by atoms with Crippen molar-refractivity contribution in [3.8, 4) is 0 Å². The van der Waals surface area contributed by atoms with Gasteiger partial charge in [0.25, 0.3) is 0 Å². The summed E-state index contributed by atoms with van der Waals surface area (Å²) in [5, 5.41) is 19.8. The number of sulfonamides is 1. The van der Waals surface area contributed by atoms with Crippen LogP contribution in [0.2, 0.25) is 0 Å². The molecule has 20 heavy (non-hydrogen) atoms. The zero-order chi connectivity index (χ0) is 14.8. The monoisotopic (exact) mass is 301 g/mol. The van der Waals surface area contributed by atoms with Crippen LogP contribution in [0.3, 0.4) is 0 Å². The van der Waals surface area contributed by atoms with Crippen LogP contribution in [0, 0.1) is 10.1 Å². The highest BCUT2D eigenvalue weighted by Gasteiger charge is 2.34. The van der Waals surface area contributed by atoms with Gasteiger partial charge in [0.15, 0.2) is 6.20 Å². The van der Waals surface area contributed by atoms with E-state index in [0.29, 0.717) is 13.0 Å². The van der Waals surface area contributed by atoms with Crippen LogP contribution in [0.25, 0.3) is 0 Å². The summed E-state index contributed by atoms with van der Waals surface area (Å²) in [5.41, 5.74) is 0. The maximum absolute atomic E-state index is 12.4. The van der Waals surface area contributed by atoms with E-state index in [2.05, 4.69) is 4.98 Å². The molecule has 110 valence electrons. The Kier molecular flexibility index (Phi) is 4.31. The molecular weight excluding hydrogens is 286 g/mol. The molecule has 0 radical (unpaired) electrons. The number of aliphatic hydroxyl groups excluding tert-OH is 1. The van der Waals surface area contributed by atoms with Crippen LogP contribution < -0.4 is 0 Å². The Morgan fingerprint density at radius 1 is 1.45 bits per heavy atom. The molecule has 2 heterocycles. The lowest BCUT2D eigenvalue weighted by Crippen LogP contribution is -2.45. The SMILES string of the molecule is O=[N+]([O-])c1ccc(S(=O)(=O)N2CCCCC2CO)cn1. The normalized spacial score (nSPS) is 20.8. The minimum atomic E-state index is -3.78. The first-order chi connectivity index (χ1) is 9.46. The number of aromatic nitrogens is 1. The van der Waals surface area contributed by atoms with Gasteiger partial charge in [0, 0.05) is 18.7 Å². The minimum Gasteiger partial charge on any atom is -0.395 e. The predicted octanol–water partition coefficient (Wildman–Crippen LogP) is 0.525. The molecule has 1 aromatic rings. The van der Waals surface area contributed by atoms with Crippen LogP contribution in [-0.2, 0) is 10.0 Å². The lowest BCUT2D eigenvalue weighted by molar-refractivity contribution is -0.389. The van der Waals surface area contributed by atoms with Crippen molar-refractivity contribution >= 4 is 15.8 Å². The van der Waals surface area contributed by atoms with Crippen molar-refractivity contribution in [3.63, 3.8) is 0 Å². The average molecular weight is 301 g/mol. The van der Waals surface area contributed by atoms with E-state index in [0.717, 1.165) is 25.1 Å². The van der Waals surface area contributed by atoms with Crippen molar-refractivity contribution < 1.29 is 18.4 Å². The van der Waals surface area contributed by atoms with Crippen molar-refractivity contribution in [2.24, 2.45) is 0 Å². The zero-order valence-corrected chi connectivity index (χ0v) is 11.5. The van der Waals surface area contributed by atoms with Crippen LogP contribution in [0.5, 0.6) is 0 Å². The van der Waals surface area contributed by atoms with Gasteiger partial charge < -0.3 is 15.2 Å². The third kappa shape index (κ3) is 2.79. The fraction of sp³-hybridized carbons (Fsp3) is 0.545. The Bertz CT molecular complexity index is 587. The lowest BCUT2D eigenvalue weighted by atomic mass is 10.1. The Labute approximate surface area is 116 Å². The highest BCUT2D eigenvalue weighted by atomic mass is 32.2. The summed E-state index contributed by atoms with van der Waals surface area (Å²) >= 11 is 0. The summed E-state index contributed by atoms with van der Waals surface area (Å²) in [6, 6.07) is 1.79. The Balaban J connectivity index is 2.31. The van der Waals surface area contributed by atoms with Crippen LogP contribution in [0.1, 0.15) is 19.3 Å². The quantitative estimate of drug-likeness (QED) is 0.641. The summed E-state index contributed by atoms with van der Waals surface area (Å²) in [5.74, 6) is -0.402. The van der Waals surface area contributed by atoms with Gasteiger partial charge in [0.2, 0.25) is 10.0 Å². The molecule has 9 heteroatoms. The summed E-state index contributed by atoms with van der Waals surface area (Å²) in [6.07, 6.45) is 3.19. The fourth-order valence-corrected chi connectivity index (χ4v) is 3.87. The number of pyridine rings is 1. The lowest BCUT2D eigenvalue weighted by Gasteiger charge is -2.33. The second-order valence-electron chi connectivity index (χ2n) is 4.56. The summed E-state index contributed by atoms with van der Waals surface area (Å²) in [7, 11) is -3.78. The van der Waals surface area contributed by atoms with Crippen molar-refractivity contribution in [1.82, 2.24) is 9.29 Å². The van der Waals surface area contributed by atoms with E-state index in [1.807, 2.05) is 0 Å². The number of piperidine rings is 1. The van der Waals surface area contributed by atoms with Gasteiger partial charge >= 0.3 is 5.82 Å². The number of nitrogens with zero attached hydrogens (tertiary/aromatic N) is 3. The number of nitro groups is 1. The molecule has 0 bridgehead atoms. The van der Waals surface area contributed by atoms with Crippen LogP contribution >= 0.6 is 0 Å². The molecule has 1 aliphatic rings. The standard InChI is InChI=1S/C11H15N3O5S/c15-8-9-3-1-2-6-13(9)20(18,19)10-4-5-11(12-7-10)14(16)17/h4-5,7,9,15H,1-3,6,8H2. The van der Waals surface area contributed by atoms with Gasteiger partial charge in [-0.25, -0.2) is 8.42 Å². The first-order valence-electron chi connectivity index (χ1n) is 6.20. The van der Waals surface area contributed by atoms with Gasteiger partial charge in [-0.05, 0) is 28.8 Å². The molecule has 0 spiro atoms. The molecule has 1 aromatic heterocycles. The summed E-state index contributed by atoms with van der Waals surface area (Å²) in [6.45, 7) is 0.101. The topological polar surface area (TPSA) is 114 Å². The van der Waals surface area contributed by atoms with Crippen LogP contribution in [0.4, 0.5) is 5.82 Å². The van der Waals surface area contributed by atoms with E-state index in [9.17, 15) is 23.6 Å². The smallest absolute Gasteiger partial charge is 0.363 e. The van der Waals surface area contributed by atoms with Gasteiger partial charge in [-0.1, -0.05) is 6.42 Å². The fourth-order valence-electron chi connectivity index (χ4n) is 2.24. The van der Waals surface area contributed by atoms with Crippen molar-refractivity contribution in [3.05, 3.63) is 28.4 Å². The molecule has 0 aromatic carbocycles. The van der Waals surface area contributed by atoms with Gasteiger partial charge in [-0.3, -0.25) is 0 Å². The third-order valence-corrected chi connectivity index (χ3v) is 5.23. The molecule has 1 fully saturated rings. The van der Waals surface area contributed by atoms with Crippen molar-refractivity contribution in [2.75, 3.05) is 13.2 Å². The van der Waals surface area contributed by atoms with E-state index >= 15 is 0 Å². The van der Waals surface area contributed by atoms with E-state index in [1.165, 1.54) is 10.4 Å². The first kappa shape index (κ1) is 14.8. The van der Waals surface area contributed by atoms with E-state index < -0.39 is 26.8 Å². The van der Waals surface area contributed by atoms with Gasteiger partial charge in [0.05, 0.1) is 6.61 Å². The molecule has 0 amide bonds. The van der Waals surface area contributed by atoms with E-state index in [-0.39, 0.29) is 11.5 Å². The number of hydrogen-bond donors (Lipinski definition) is 1. The highest BCUT2D eigenvalue weighted by molar-refractivity contribution is 7.89. The Hall–Kier alpha value is -1.58. The largest absolute Gasteiger partial charge is 0.395 e. The summed E-state index contributed by atoms with van der Waals surface area (Å²) < 4.78 is 26.1. The average Bonchev–Trinajstić information content (AvgIpc) is 2.47. The molecule has 1 unspecified atom stereocenters. The molecule has 1 N–H and O–H groups in total. The first-order valence-corrected chi connectivity index (χ1v) is 7.64.